The first kappa shape index (κ1) is 14.9. The lowest BCUT2D eigenvalue weighted by Crippen LogP contribution is -2.34. The zero-order valence-corrected chi connectivity index (χ0v) is 12.7. The molecule has 0 amide bonds. The van der Waals surface area contributed by atoms with Crippen molar-refractivity contribution in [2.24, 2.45) is 5.92 Å². The highest BCUT2D eigenvalue weighted by Gasteiger charge is 2.31. The van der Waals surface area contributed by atoms with Crippen molar-refractivity contribution in [3.63, 3.8) is 0 Å². The molecule has 0 saturated heterocycles. The van der Waals surface area contributed by atoms with Crippen molar-refractivity contribution in [1.82, 2.24) is 0 Å². The molecule has 1 aliphatic carbocycles. The van der Waals surface area contributed by atoms with Gasteiger partial charge >= 0.3 is 0 Å². The number of ether oxygens (including phenoxy) is 1. The Morgan fingerprint density at radius 1 is 1.47 bits per heavy atom. The molecule has 0 aromatic heterocycles. The Bertz CT molecular complexity index is 419. The summed E-state index contributed by atoms with van der Waals surface area (Å²) in [4.78, 5) is 0. The van der Waals surface area contributed by atoms with Crippen LogP contribution in [0, 0.1) is 11.7 Å². The molecule has 1 saturated carbocycles. The summed E-state index contributed by atoms with van der Waals surface area (Å²) in [6.07, 6.45) is 3.30. The molecule has 19 heavy (non-hydrogen) atoms. The van der Waals surface area contributed by atoms with Gasteiger partial charge in [-0.2, -0.15) is 0 Å². The van der Waals surface area contributed by atoms with Gasteiger partial charge < -0.3 is 9.84 Å². The Kier molecular flexibility index (Phi) is 5.37. The Hall–Kier alpha value is -0.450. The third kappa shape index (κ3) is 4.26. The van der Waals surface area contributed by atoms with Crippen LogP contribution in [-0.2, 0) is 11.2 Å². The lowest BCUT2D eigenvalue weighted by molar-refractivity contribution is -0.0375. The largest absolute Gasteiger partial charge is 0.393 e. The van der Waals surface area contributed by atoms with Crippen molar-refractivity contribution in [1.29, 1.82) is 0 Å². The molecule has 0 aliphatic heterocycles. The Morgan fingerprint density at radius 2 is 2.21 bits per heavy atom. The highest BCUT2D eigenvalue weighted by molar-refractivity contribution is 9.10. The highest BCUT2D eigenvalue weighted by atomic mass is 79.9. The van der Waals surface area contributed by atoms with Crippen molar-refractivity contribution in [2.45, 2.75) is 44.8 Å². The van der Waals surface area contributed by atoms with Gasteiger partial charge in [0, 0.05) is 11.1 Å². The highest BCUT2D eigenvalue weighted by Crippen LogP contribution is 2.34. The molecule has 0 radical (unpaired) electrons. The third-order valence-electron chi connectivity index (χ3n) is 3.66. The minimum atomic E-state index is -0.411. The van der Waals surface area contributed by atoms with Gasteiger partial charge in [0.05, 0.1) is 12.2 Å². The van der Waals surface area contributed by atoms with E-state index in [4.69, 9.17) is 4.74 Å². The van der Waals surface area contributed by atoms with E-state index >= 15 is 0 Å². The second-order valence-corrected chi connectivity index (χ2v) is 6.10. The fourth-order valence-corrected chi connectivity index (χ4v) is 3.07. The predicted molar refractivity (Wildman–Crippen MR) is 76.6 cm³/mol. The summed E-state index contributed by atoms with van der Waals surface area (Å²) in [7, 11) is 0. The molecular formula is C15H20BrFO2. The van der Waals surface area contributed by atoms with Crippen molar-refractivity contribution >= 4 is 15.9 Å². The summed E-state index contributed by atoms with van der Waals surface area (Å²) in [6, 6.07) is 4.58. The lowest BCUT2D eigenvalue weighted by atomic mass is 9.78. The van der Waals surface area contributed by atoms with Gasteiger partial charge in [-0.25, -0.2) is 4.39 Å². The van der Waals surface area contributed by atoms with Crippen LogP contribution in [0.25, 0.3) is 0 Å². The van der Waals surface area contributed by atoms with Gasteiger partial charge in [-0.3, -0.25) is 0 Å². The van der Waals surface area contributed by atoms with E-state index in [2.05, 4.69) is 15.9 Å². The first-order chi connectivity index (χ1) is 9.08. The van der Waals surface area contributed by atoms with Crippen LogP contribution in [0.2, 0.25) is 0 Å². The molecule has 0 spiro atoms. The van der Waals surface area contributed by atoms with E-state index in [-0.39, 0.29) is 5.82 Å². The summed E-state index contributed by atoms with van der Waals surface area (Å²) in [5, 5.41) is 10.1. The van der Waals surface area contributed by atoms with E-state index < -0.39 is 6.10 Å². The Morgan fingerprint density at radius 3 is 2.89 bits per heavy atom. The molecule has 1 fully saturated rings. The van der Waals surface area contributed by atoms with Crippen LogP contribution in [0.1, 0.15) is 31.7 Å². The quantitative estimate of drug-likeness (QED) is 0.861. The number of aliphatic hydroxyl groups excluding tert-OH is 1. The van der Waals surface area contributed by atoms with Crippen LogP contribution < -0.4 is 0 Å². The SMILES string of the molecule is CCOC1CC(CC(O)Cc2cc(F)ccc2Br)C1. The maximum absolute atomic E-state index is 13.2. The monoisotopic (exact) mass is 330 g/mol. The zero-order valence-electron chi connectivity index (χ0n) is 11.1. The first-order valence-corrected chi connectivity index (χ1v) is 7.61. The predicted octanol–water partition coefficient (Wildman–Crippen LogP) is 3.70. The molecule has 106 valence electrons. The normalized spacial score (nSPS) is 24.0. The summed E-state index contributed by atoms with van der Waals surface area (Å²) in [5.41, 5.74) is 0.827. The van der Waals surface area contributed by atoms with Crippen molar-refractivity contribution in [3.05, 3.63) is 34.1 Å². The van der Waals surface area contributed by atoms with Crippen LogP contribution in [0.15, 0.2) is 22.7 Å². The van der Waals surface area contributed by atoms with Crippen LogP contribution in [0.4, 0.5) is 4.39 Å². The fraction of sp³-hybridized carbons (Fsp3) is 0.600. The minimum Gasteiger partial charge on any atom is -0.393 e. The number of benzene rings is 1. The maximum atomic E-state index is 13.2. The van der Waals surface area contributed by atoms with E-state index in [1.54, 1.807) is 6.07 Å². The summed E-state index contributed by atoms with van der Waals surface area (Å²) in [6.45, 7) is 2.76. The molecule has 4 heteroatoms. The number of halogens is 2. The smallest absolute Gasteiger partial charge is 0.123 e. The van der Waals surface area contributed by atoms with Crippen molar-refractivity contribution in [3.8, 4) is 0 Å². The van der Waals surface area contributed by atoms with Crippen molar-refractivity contribution in [2.75, 3.05) is 6.61 Å². The molecule has 0 bridgehead atoms. The van der Waals surface area contributed by atoms with Gasteiger partial charge in [-0.15, -0.1) is 0 Å². The van der Waals surface area contributed by atoms with Crippen LogP contribution >= 0.6 is 15.9 Å². The minimum absolute atomic E-state index is 0.259. The summed E-state index contributed by atoms with van der Waals surface area (Å²) in [5.74, 6) is 0.282. The average molecular weight is 331 g/mol. The van der Waals surface area contributed by atoms with E-state index in [0.29, 0.717) is 18.4 Å². The van der Waals surface area contributed by atoms with Gasteiger partial charge in [-0.1, -0.05) is 15.9 Å². The Balaban J connectivity index is 1.79. The summed E-state index contributed by atoms with van der Waals surface area (Å²) >= 11 is 3.39. The van der Waals surface area contributed by atoms with Crippen LogP contribution in [0.3, 0.4) is 0 Å². The van der Waals surface area contributed by atoms with E-state index in [1.807, 2.05) is 6.92 Å². The number of hydrogen-bond donors (Lipinski definition) is 1. The maximum Gasteiger partial charge on any atom is 0.123 e. The van der Waals surface area contributed by atoms with Crippen LogP contribution in [0.5, 0.6) is 0 Å². The van der Waals surface area contributed by atoms with Gasteiger partial charge in [-0.05, 0) is 62.3 Å². The molecule has 1 unspecified atom stereocenters. The third-order valence-corrected chi connectivity index (χ3v) is 4.44. The topological polar surface area (TPSA) is 29.5 Å². The molecule has 1 N–H and O–H groups in total. The lowest BCUT2D eigenvalue weighted by Gasteiger charge is -2.36. The summed E-state index contributed by atoms with van der Waals surface area (Å²) < 4.78 is 19.5. The van der Waals surface area contributed by atoms with E-state index in [9.17, 15) is 9.50 Å². The van der Waals surface area contributed by atoms with Gasteiger partial charge in [0.1, 0.15) is 5.82 Å². The van der Waals surface area contributed by atoms with Crippen molar-refractivity contribution < 1.29 is 14.2 Å². The molecule has 1 aromatic carbocycles. The molecular weight excluding hydrogens is 311 g/mol. The second-order valence-electron chi connectivity index (χ2n) is 5.24. The van der Waals surface area contributed by atoms with Crippen LogP contribution in [-0.4, -0.2) is 23.9 Å². The zero-order chi connectivity index (χ0) is 13.8. The molecule has 0 heterocycles. The molecule has 1 aliphatic rings. The number of rotatable bonds is 6. The molecule has 1 aromatic rings. The first-order valence-electron chi connectivity index (χ1n) is 6.82. The molecule has 1 atom stereocenters. The van der Waals surface area contributed by atoms with Gasteiger partial charge in [0.25, 0.3) is 0 Å². The standard InChI is InChI=1S/C15H20BrFO2/c1-2-19-14-6-10(7-14)5-13(18)9-11-8-12(17)3-4-15(11)16/h3-4,8,10,13-14,18H,2,5-7,9H2,1H3. The molecule has 2 rings (SSSR count). The van der Waals surface area contributed by atoms with E-state index in [0.717, 1.165) is 35.9 Å². The fourth-order valence-electron chi connectivity index (χ4n) is 2.66. The van der Waals surface area contributed by atoms with E-state index in [1.165, 1.54) is 12.1 Å². The van der Waals surface area contributed by atoms with Gasteiger partial charge in [0.15, 0.2) is 0 Å². The Labute approximate surface area is 122 Å². The van der Waals surface area contributed by atoms with Gasteiger partial charge in [0.2, 0.25) is 0 Å². The number of hydrogen-bond acceptors (Lipinski definition) is 2. The molecule has 2 nitrogen and oxygen atoms in total. The second kappa shape index (κ2) is 6.82. The average Bonchev–Trinajstić information content (AvgIpc) is 2.31. The number of aliphatic hydroxyl groups is 1.